The summed E-state index contributed by atoms with van der Waals surface area (Å²) >= 11 is 5.99. The molecule has 0 spiro atoms. The highest BCUT2D eigenvalue weighted by Gasteiger charge is 2.06. The maximum atomic E-state index is 5.99. The van der Waals surface area contributed by atoms with Gasteiger partial charge >= 0.3 is 0 Å². The maximum Gasteiger partial charge on any atom is 0.224 e. The second-order valence-corrected chi connectivity index (χ2v) is 4.24. The minimum absolute atomic E-state index is 0.586. The van der Waals surface area contributed by atoms with Crippen molar-refractivity contribution in [1.82, 2.24) is 14.8 Å². The molecule has 0 radical (unpaired) electrons. The smallest absolute Gasteiger partial charge is 0.224 e. The molecule has 1 heterocycles. The topological polar surface area (TPSA) is 52.0 Å². The number of anilines is 1. The monoisotopic (exact) mass is 266 g/mol. The fourth-order valence-corrected chi connectivity index (χ4v) is 1.79. The highest BCUT2D eigenvalue weighted by atomic mass is 35.5. The lowest BCUT2D eigenvalue weighted by Gasteiger charge is -2.11. The summed E-state index contributed by atoms with van der Waals surface area (Å²) in [7, 11) is 1.88. The Kier molecular flexibility index (Phi) is 4.04. The van der Waals surface area contributed by atoms with E-state index in [1.165, 1.54) is 0 Å². The molecule has 0 unspecified atom stereocenters. The van der Waals surface area contributed by atoms with Gasteiger partial charge in [-0.25, -0.2) is 0 Å². The first-order valence-corrected chi connectivity index (χ1v) is 6.07. The van der Waals surface area contributed by atoms with Crippen molar-refractivity contribution in [3.8, 4) is 5.75 Å². The fraction of sp³-hybridized carbons (Fsp3) is 0.333. The summed E-state index contributed by atoms with van der Waals surface area (Å²) in [4.78, 5) is 0. The van der Waals surface area contributed by atoms with Gasteiger partial charge in [-0.15, -0.1) is 10.2 Å². The Morgan fingerprint density at radius 3 is 2.94 bits per heavy atom. The molecule has 0 bridgehead atoms. The van der Waals surface area contributed by atoms with Gasteiger partial charge < -0.3 is 14.6 Å². The normalized spacial score (nSPS) is 10.4. The average Bonchev–Trinajstić information content (AvgIpc) is 2.75. The molecule has 18 heavy (non-hydrogen) atoms. The number of benzene rings is 1. The van der Waals surface area contributed by atoms with Crippen LogP contribution in [0.4, 0.5) is 5.95 Å². The van der Waals surface area contributed by atoms with Gasteiger partial charge in [0, 0.05) is 24.2 Å². The summed E-state index contributed by atoms with van der Waals surface area (Å²) in [5.74, 6) is 1.54. The van der Waals surface area contributed by atoms with Gasteiger partial charge in [-0.2, -0.15) is 0 Å². The van der Waals surface area contributed by atoms with Crippen molar-refractivity contribution in [2.45, 2.75) is 13.5 Å². The second kappa shape index (κ2) is 5.73. The molecule has 0 aliphatic heterocycles. The Hall–Kier alpha value is -1.75. The van der Waals surface area contributed by atoms with E-state index in [1.807, 2.05) is 36.7 Å². The molecule has 0 amide bonds. The van der Waals surface area contributed by atoms with Gasteiger partial charge in [-0.05, 0) is 25.1 Å². The third kappa shape index (κ3) is 2.92. The van der Waals surface area contributed by atoms with Crippen molar-refractivity contribution in [2.24, 2.45) is 7.05 Å². The van der Waals surface area contributed by atoms with Crippen LogP contribution in [0.15, 0.2) is 24.5 Å². The predicted octanol–water partition coefficient (Wildman–Crippen LogP) is 2.48. The minimum Gasteiger partial charge on any atom is -0.494 e. The predicted molar refractivity (Wildman–Crippen MR) is 71.0 cm³/mol. The van der Waals surface area contributed by atoms with Crippen molar-refractivity contribution < 1.29 is 4.74 Å². The van der Waals surface area contributed by atoms with Gasteiger partial charge in [0.15, 0.2) is 0 Å². The molecule has 1 N–H and O–H groups in total. The van der Waals surface area contributed by atoms with E-state index in [4.69, 9.17) is 16.3 Å². The Labute approximate surface area is 111 Å². The average molecular weight is 267 g/mol. The number of aryl methyl sites for hydroxylation is 1. The molecular formula is C12H15ClN4O. The van der Waals surface area contributed by atoms with Crippen LogP contribution in [0.5, 0.6) is 5.75 Å². The number of hydrogen-bond acceptors (Lipinski definition) is 4. The van der Waals surface area contributed by atoms with E-state index in [9.17, 15) is 0 Å². The molecule has 2 rings (SSSR count). The first kappa shape index (κ1) is 12.7. The van der Waals surface area contributed by atoms with E-state index in [2.05, 4.69) is 15.5 Å². The summed E-state index contributed by atoms with van der Waals surface area (Å²) in [6, 6.07) is 5.58. The van der Waals surface area contributed by atoms with Crippen molar-refractivity contribution in [3.63, 3.8) is 0 Å². The molecule has 1 aromatic heterocycles. The number of rotatable bonds is 5. The van der Waals surface area contributed by atoms with E-state index in [-0.39, 0.29) is 0 Å². The Balaban J connectivity index is 2.12. The molecule has 0 fully saturated rings. The van der Waals surface area contributed by atoms with Crippen LogP contribution in [0, 0.1) is 0 Å². The molecule has 96 valence electrons. The summed E-state index contributed by atoms with van der Waals surface area (Å²) in [6.45, 7) is 3.16. The third-order valence-corrected chi connectivity index (χ3v) is 2.71. The standard InChI is InChI=1S/C12H15ClN4O/c1-3-18-11-5-4-10(13)6-9(11)7-14-12-16-15-8-17(12)2/h4-6,8H,3,7H2,1-2H3,(H,14,16). The lowest BCUT2D eigenvalue weighted by Crippen LogP contribution is -2.06. The van der Waals surface area contributed by atoms with Crippen LogP contribution in [0.2, 0.25) is 5.02 Å². The number of halogens is 1. The second-order valence-electron chi connectivity index (χ2n) is 3.80. The molecule has 0 saturated carbocycles. The quantitative estimate of drug-likeness (QED) is 0.903. The van der Waals surface area contributed by atoms with E-state index in [0.717, 1.165) is 11.3 Å². The highest BCUT2D eigenvalue weighted by molar-refractivity contribution is 6.30. The van der Waals surface area contributed by atoms with Crippen molar-refractivity contribution >= 4 is 17.5 Å². The van der Waals surface area contributed by atoms with Crippen LogP contribution < -0.4 is 10.1 Å². The van der Waals surface area contributed by atoms with E-state index in [1.54, 1.807) is 6.33 Å². The first-order chi connectivity index (χ1) is 8.70. The zero-order chi connectivity index (χ0) is 13.0. The minimum atomic E-state index is 0.586. The summed E-state index contributed by atoms with van der Waals surface area (Å²) in [5, 5.41) is 11.6. The summed E-state index contributed by atoms with van der Waals surface area (Å²) in [6.07, 6.45) is 1.64. The third-order valence-electron chi connectivity index (χ3n) is 2.47. The van der Waals surface area contributed by atoms with Crippen LogP contribution >= 0.6 is 11.6 Å². The van der Waals surface area contributed by atoms with E-state index in [0.29, 0.717) is 24.1 Å². The zero-order valence-electron chi connectivity index (χ0n) is 10.4. The largest absolute Gasteiger partial charge is 0.494 e. The molecule has 6 heteroatoms. The van der Waals surface area contributed by atoms with E-state index < -0.39 is 0 Å². The Bertz CT molecular complexity index is 527. The van der Waals surface area contributed by atoms with Gasteiger partial charge in [0.2, 0.25) is 5.95 Å². The van der Waals surface area contributed by atoms with Crippen LogP contribution in [-0.4, -0.2) is 21.4 Å². The lowest BCUT2D eigenvalue weighted by molar-refractivity contribution is 0.337. The summed E-state index contributed by atoms with van der Waals surface area (Å²) < 4.78 is 7.36. The molecule has 2 aromatic rings. The van der Waals surface area contributed by atoms with Gasteiger partial charge in [0.05, 0.1) is 6.61 Å². The number of ether oxygens (including phenoxy) is 1. The molecule has 5 nitrogen and oxygen atoms in total. The van der Waals surface area contributed by atoms with Crippen LogP contribution in [0.3, 0.4) is 0 Å². The number of nitrogens with one attached hydrogen (secondary N) is 1. The molecular weight excluding hydrogens is 252 g/mol. The number of hydrogen-bond donors (Lipinski definition) is 1. The maximum absolute atomic E-state index is 5.99. The molecule has 0 atom stereocenters. The number of nitrogens with zero attached hydrogens (tertiary/aromatic N) is 3. The van der Waals surface area contributed by atoms with Crippen molar-refractivity contribution in [3.05, 3.63) is 35.1 Å². The SMILES string of the molecule is CCOc1ccc(Cl)cc1CNc1nncn1C. The van der Waals surface area contributed by atoms with Gasteiger partial charge in [-0.3, -0.25) is 0 Å². The lowest BCUT2D eigenvalue weighted by atomic mass is 10.2. The molecule has 1 aromatic carbocycles. The Morgan fingerprint density at radius 2 is 2.28 bits per heavy atom. The van der Waals surface area contributed by atoms with Crippen molar-refractivity contribution in [1.29, 1.82) is 0 Å². The molecule has 0 saturated heterocycles. The fourth-order valence-electron chi connectivity index (χ4n) is 1.60. The van der Waals surface area contributed by atoms with Crippen LogP contribution in [0.1, 0.15) is 12.5 Å². The van der Waals surface area contributed by atoms with Gasteiger partial charge in [0.25, 0.3) is 0 Å². The Morgan fingerprint density at radius 1 is 1.44 bits per heavy atom. The molecule has 0 aliphatic carbocycles. The van der Waals surface area contributed by atoms with Crippen LogP contribution in [-0.2, 0) is 13.6 Å². The zero-order valence-corrected chi connectivity index (χ0v) is 11.1. The van der Waals surface area contributed by atoms with E-state index >= 15 is 0 Å². The van der Waals surface area contributed by atoms with Gasteiger partial charge in [0.1, 0.15) is 12.1 Å². The first-order valence-electron chi connectivity index (χ1n) is 5.69. The van der Waals surface area contributed by atoms with Crippen molar-refractivity contribution in [2.75, 3.05) is 11.9 Å². The van der Waals surface area contributed by atoms with Crippen LogP contribution in [0.25, 0.3) is 0 Å². The number of aromatic nitrogens is 3. The summed E-state index contributed by atoms with van der Waals surface area (Å²) in [5.41, 5.74) is 0.993. The highest BCUT2D eigenvalue weighted by Crippen LogP contribution is 2.23. The van der Waals surface area contributed by atoms with Gasteiger partial charge in [-0.1, -0.05) is 11.6 Å². The molecule has 0 aliphatic rings.